The number of imide groups is 1. The molecule has 1 atom stereocenters. The summed E-state index contributed by atoms with van der Waals surface area (Å²) in [7, 11) is 0. The lowest BCUT2D eigenvalue weighted by molar-refractivity contribution is -0.136. The molecule has 10 heteroatoms. The van der Waals surface area contributed by atoms with Crippen molar-refractivity contribution in [1.82, 2.24) is 10.2 Å². The summed E-state index contributed by atoms with van der Waals surface area (Å²) in [5, 5.41) is 5.63. The first-order valence-electron chi connectivity index (χ1n) is 11.1. The van der Waals surface area contributed by atoms with Gasteiger partial charge >= 0.3 is 0 Å². The monoisotopic (exact) mass is 448 g/mol. The van der Waals surface area contributed by atoms with Crippen LogP contribution in [0.4, 0.5) is 5.69 Å². The lowest BCUT2D eigenvalue weighted by atomic mass is 10.0. The molecule has 2 heterocycles. The van der Waals surface area contributed by atoms with E-state index in [-0.39, 0.29) is 18.2 Å². The summed E-state index contributed by atoms with van der Waals surface area (Å²) in [5.41, 5.74) is 7.68. The van der Waals surface area contributed by atoms with Crippen LogP contribution >= 0.6 is 0 Å². The van der Waals surface area contributed by atoms with Crippen molar-refractivity contribution in [3.63, 3.8) is 0 Å². The van der Waals surface area contributed by atoms with Gasteiger partial charge in [0.1, 0.15) is 6.04 Å². The second kappa shape index (κ2) is 12.5. The van der Waals surface area contributed by atoms with Crippen molar-refractivity contribution in [2.24, 2.45) is 5.73 Å². The molecule has 3 amide bonds. The van der Waals surface area contributed by atoms with E-state index in [9.17, 15) is 14.4 Å². The highest BCUT2D eigenvalue weighted by Crippen LogP contribution is 2.32. The molecule has 1 aromatic carbocycles. The number of nitrogens with one attached hydrogen (secondary N) is 2. The second-order valence-electron chi connectivity index (χ2n) is 7.64. The van der Waals surface area contributed by atoms with Crippen LogP contribution in [0.1, 0.15) is 35.2 Å². The minimum absolute atomic E-state index is 0.182. The number of rotatable bonds is 14. The zero-order chi connectivity index (χ0) is 22.8. The number of ether oxygens (including phenoxy) is 3. The van der Waals surface area contributed by atoms with Crippen molar-refractivity contribution >= 4 is 23.4 Å². The average Bonchev–Trinajstić information content (AvgIpc) is 3.11. The number of anilines is 1. The molecule has 10 nitrogen and oxygen atoms in total. The normalized spacial score (nSPS) is 18.1. The Balaban J connectivity index is 1.37. The molecule has 0 aliphatic carbocycles. The number of hydrogen-bond donors (Lipinski definition) is 3. The van der Waals surface area contributed by atoms with Gasteiger partial charge in [0.15, 0.2) is 0 Å². The number of benzene rings is 1. The number of hydrogen-bond acceptors (Lipinski definition) is 8. The van der Waals surface area contributed by atoms with E-state index in [1.54, 1.807) is 11.0 Å². The minimum atomic E-state index is -0.616. The number of nitrogens with two attached hydrogens (primary N) is 1. The summed E-state index contributed by atoms with van der Waals surface area (Å²) in [4.78, 5) is 38.0. The number of carbonyl (C=O) groups is 3. The number of fused-ring (bicyclic) bond motifs is 1. The molecule has 2 aliphatic heterocycles. The molecule has 0 aromatic heterocycles. The highest BCUT2D eigenvalue weighted by molar-refractivity contribution is 6.06. The van der Waals surface area contributed by atoms with Crippen LogP contribution in [0.3, 0.4) is 0 Å². The molecular weight excluding hydrogens is 416 g/mol. The number of carbonyl (C=O) groups excluding carboxylic acids is 3. The van der Waals surface area contributed by atoms with Crippen molar-refractivity contribution in [3.8, 4) is 0 Å². The summed E-state index contributed by atoms with van der Waals surface area (Å²) in [6.07, 6.45) is 1.44. The predicted octanol–water partition coefficient (Wildman–Crippen LogP) is 0.258. The zero-order valence-corrected chi connectivity index (χ0v) is 18.3. The second-order valence-corrected chi connectivity index (χ2v) is 7.64. The van der Waals surface area contributed by atoms with E-state index in [2.05, 4.69) is 10.6 Å². The molecule has 4 N–H and O–H groups in total. The lowest BCUT2D eigenvalue weighted by Gasteiger charge is -2.29. The molecule has 2 aliphatic rings. The Morgan fingerprint density at radius 1 is 1.03 bits per heavy atom. The van der Waals surface area contributed by atoms with Crippen LogP contribution in [0.25, 0.3) is 0 Å². The van der Waals surface area contributed by atoms with Gasteiger partial charge in [-0.2, -0.15) is 0 Å². The van der Waals surface area contributed by atoms with Gasteiger partial charge in [-0.25, -0.2) is 0 Å². The van der Waals surface area contributed by atoms with Gasteiger partial charge in [0, 0.05) is 42.9 Å². The number of nitrogens with zero attached hydrogens (tertiary/aromatic N) is 1. The van der Waals surface area contributed by atoms with Gasteiger partial charge in [0.05, 0.1) is 33.0 Å². The summed E-state index contributed by atoms with van der Waals surface area (Å²) in [5.74, 6) is -0.882. The molecule has 1 unspecified atom stereocenters. The predicted molar refractivity (Wildman–Crippen MR) is 117 cm³/mol. The van der Waals surface area contributed by atoms with Gasteiger partial charge in [-0.05, 0) is 31.5 Å². The van der Waals surface area contributed by atoms with Crippen LogP contribution in [-0.4, -0.2) is 81.4 Å². The van der Waals surface area contributed by atoms with Gasteiger partial charge in [0.2, 0.25) is 11.8 Å². The molecule has 32 heavy (non-hydrogen) atoms. The Morgan fingerprint density at radius 3 is 2.47 bits per heavy atom. The fourth-order valence-corrected chi connectivity index (χ4v) is 3.74. The molecule has 0 saturated carbocycles. The molecule has 3 rings (SSSR count). The summed E-state index contributed by atoms with van der Waals surface area (Å²) >= 11 is 0. The van der Waals surface area contributed by atoms with Crippen LogP contribution in [0.15, 0.2) is 18.2 Å². The van der Waals surface area contributed by atoms with E-state index in [1.165, 1.54) is 0 Å². The van der Waals surface area contributed by atoms with Crippen LogP contribution in [0.5, 0.6) is 0 Å². The zero-order valence-electron chi connectivity index (χ0n) is 18.3. The maximum Gasteiger partial charge on any atom is 0.255 e. The maximum atomic E-state index is 12.8. The third-order valence-corrected chi connectivity index (χ3v) is 5.38. The Morgan fingerprint density at radius 2 is 1.75 bits per heavy atom. The fourth-order valence-electron chi connectivity index (χ4n) is 3.74. The van der Waals surface area contributed by atoms with E-state index >= 15 is 0 Å². The van der Waals surface area contributed by atoms with E-state index < -0.39 is 11.9 Å². The molecule has 0 spiro atoms. The molecule has 1 saturated heterocycles. The Bertz CT molecular complexity index is 803. The fraction of sp³-hybridized carbons (Fsp3) is 0.591. The van der Waals surface area contributed by atoms with E-state index in [1.807, 2.05) is 12.1 Å². The van der Waals surface area contributed by atoms with Gasteiger partial charge < -0.3 is 30.2 Å². The number of amides is 3. The Labute approximate surface area is 187 Å². The van der Waals surface area contributed by atoms with Crippen LogP contribution in [0.2, 0.25) is 0 Å². The quantitative estimate of drug-likeness (QED) is 0.273. The van der Waals surface area contributed by atoms with Gasteiger partial charge in [-0.3, -0.25) is 19.7 Å². The molecule has 1 aromatic rings. The van der Waals surface area contributed by atoms with Gasteiger partial charge in [-0.1, -0.05) is 6.07 Å². The van der Waals surface area contributed by atoms with Crippen molar-refractivity contribution in [2.75, 3.05) is 58.0 Å². The van der Waals surface area contributed by atoms with Crippen LogP contribution < -0.4 is 16.4 Å². The van der Waals surface area contributed by atoms with Crippen molar-refractivity contribution < 1.29 is 28.6 Å². The highest BCUT2D eigenvalue weighted by Gasteiger charge is 2.39. The smallest absolute Gasteiger partial charge is 0.255 e. The lowest BCUT2D eigenvalue weighted by Crippen LogP contribution is -2.52. The highest BCUT2D eigenvalue weighted by atomic mass is 16.5. The van der Waals surface area contributed by atoms with Crippen LogP contribution in [-0.2, 0) is 30.3 Å². The summed E-state index contributed by atoms with van der Waals surface area (Å²) < 4.78 is 16.4. The summed E-state index contributed by atoms with van der Waals surface area (Å²) in [6.45, 7) is 4.75. The van der Waals surface area contributed by atoms with Crippen molar-refractivity contribution in [2.45, 2.75) is 31.8 Å². The largest absolute Gasteiger partial charge is 0.382 e. The minimum Gasteiger partial charge on any atom is -0.382 e. The first kappa shape index (κ1) is 24.1. The van der Waals surface area contributed by atoms with Crippen molar-refractivity contribution in [1.29, 1.82) is 0 Å². The Hall–Kier alpha value is -2.53. The molecule has 0 bridgehead atoms. The number of piperidine rings is 1. The molecule has 1 fully saturated rings. The van der Waals surface area contributed by atoms with E-state index in [0.29, 0.717) is 71.3 Å². The molecule has 0 radical (unpaired) electrons. The third kappa shape index (κ3) is 6.49. The van der Waals surface area contributed by atoms with Gasteiger partial charge in [-0.15, -0.1) is 0 Å². The Kier molecular flexibility index (Phi) is 9.42. The van der Waals surface area contributed by atoms with Crippen LogP contribution in [0, 0.1) is 0 Å². The first-order valence-corrected chi connectivity index (χ1v) is 11.1. The first-order chi connectivity index (χ1) is 15.6. The topological polar surface area (TPSA) is 132 Å². The van der Waals surface area contributed by atoms with E-state index in [4.69, 9.17) is 19.9 Å². The SMILES string of the molecule is NCCCOCCOCCOCCNc1cccc2c1CN(C1CCC(=O)NC1=O)C2=O. The molecule has 176 valence electrons. The third-order valence-electron chi connectivity index (χ3n) is 5.38. The summed E-state index contributed by atoms with van der Waals surface area (Å²) in [6, 6.07) is 4.88. The van der Waals surface area contributed by atoms with E-state index in [0.717, 1.165) is 17.7 Å². The standard InChI is InChI=1S/C22H32N4O6/c23-7-2-9-30-11-13-32-14-12-31-10-8-24-18-4-1-3-16-17(18)15-26(22(16)29)19-5-6-20(27)25-21(19)28/h1,3-4,19,24H,2,5-15,23H2,(H,25,27,28). The maximum absolute atomic E-state index is 12.8. The molecular formula is C22H32N4O6. The average molecular weight is 449 g/mol. The van der Waals surface area contributed by atoms with Gasteiger partial charge in [0.25, 0.3) is 5.91 Å². The van der Waals surface area contributed by atoms with Crippen molar-refractivity contribution in [3.05, 3.63) is 29.3 Å².